The van der Waals surface area contributed by atoms with E-state index in [1.165, 1.54) is 12.8 Å². The molecular formula is C11H11Cl2N. The average molecular weight is 228 g/mol. The van der Waals surface area contributed by atoms with Gasteiger partial charge in [-0.1, -0.05) is 53.5 Å². The SMILES string of the molecule is ClC(Cl)=C(NC1CC1)c1ccccc1. The normalized spacial score (nSPS) is 15.0. The van der Waals surface area contributed by atoms with Crippen molar-refractivity contribution in [3.8, 4) is 0 Å². The van der Waals surface area contributed by atoms with Crippen LogP contribution in [-0.2, 0) is 0 Å². The van der Waals surface area contributed by atoms with Crippen molar-refractivity contribution in [1.29, 1.82) is 0 Å². The molecule has 0 amide bonds. The van der Waals surface area contributed by atoms with Crippen LogP contribution in [0.1, 0.15) is 18.4 Å². The number of benzene rings is 1. The van der Waals surface area contributed by atoms with Crippen LogP contribution >= 0.6 is 23.2 Å². The molecule has 1 nitrogen and oxygen atoms in total. The zero-order valence-electron chi connectivity index (χ0n) is 7.63. The van der Waals surface area contributed by atoms with E-state index in [1.807, 2.05) is 30.3 Å². The molecular weight excluding hydrogens is 217 g/mol. The summed E-state index contributed by atoms with van der Waals surface area (Å²) in [5.41, 5.74) is 1.89. The summed E-state index contributed by atoms with van der Waals surface area (Å²) in [5, 5.41) is 3.32. The maximum absolute atomic E-state index is 5.83. The van der Waals surface area contributed by atoms with Gasteiger partial charge < -0.3 is 5.32 Å². The van der Waals surface area contributed by atoms with Gasteiger partial charge in [0.15, 0.2) is 0 Å². The van der Waals surface area contributed by atoms with E-state index in [0.717, 1.165) is 11.3 Å². The minimum absolute atomic E-state index is 0.308. The summed E-state index contributed by atoms with van der Waals surface area (Å²) in [6.07, 6.45) is 2.41. The Morgan fingerprint density at radius 1 is 1.14 bits per heavy atom. The van der Waals surface area contributed by atoms with Gasteiger partial charge in [0.25, 0.3) is 0 Å². The lowest BCUT2D eigenvalue weighted by Gasteiger charge is -2.10. The van der Waals surface area contributed by atoms with Crippen molar-refractivity contribution < 1.29 is 0 Å². The molecule has 1 saturated carbocycles. The Labute approximate surface area is 93.7 Å². The lowest BCUT2D eigenvalue weighted by Crippen LogP contribution is -2.14. The second-order valence-electron chi connectivity index (χ2n) is 3.42. The number of halogens is 2. The van der Waals surface area contributed by atoms with Gasteiger partial charge in [-0.3, -0.25) is 0 Å². The molecule has 0 radical (unpaired) electrons. The Morgan fingerprint density at radius 3 is 2.29 bits per heavy atom. The highest BCUT2D eigenvalue weighted by atomic mass is 35.5. The first kappa shape index (κ1) is 9.88. The van der Waals surface area contributed by atoms with Gasteiger partial charge in [-0.25, -0.2) is 0 Å². The van der Waals surface area contributed by atoms with Gasteiger partial charge in [0.1, 0.15) is 4.49 Å². The van der Waals surface area contributed by atoms with Gasteiger partial charge in [-0.2, -0.15) is 0 Å². The number of hydrogen-bond acceptors (Lipinski definition) is 1. The molecule has 1 aliphatic carbocycles. The molecule has 0 aromatic heterocycles. The smallest absolute Gasteiger partial charge is 0.130 e. The minimum atomic E-state index is 0.308. The molecule has 1 aromatic carbocycles. The zero-order chi connectivity index (χ0) is 9.97. The second-order valence-corrected chi connectivity index (χ2v) is 4.37. The summed E-state index contributed by atoms with van der Waals surface area (Å²) in [5.74, 6) is 0. The van der Waals surface area contributed by atoms with Crippen molar-refractivity contribution >= 4 is 28.9 Å². The average Bonchev–Trinajstić information content (AvgIpc) is 2.99. The van der Waals surface area contributed by atoms with Crippen LogP contribution in [0.4, 0.5) is 0 Å². The number of nitrogens with one attached hydrogen (secondary N) is 1. The van der Waals surface area contributed by atoms with E-state index >= 15 is 0 Å². The first-order chi connectivity index (χ1) is 6.77. The van der Waals surface area contributed by atoms with Gasteiger partial charge in [0.2, 0.25) is 0 Å². The van der Waals surface area contributed by atoms with Crippen LogP contribution in [0.5, 0.6) is 0 Å². The fourth-order valence-corrected chi connectivity index (χ4v) is 1.61. The third-order valence-corrected chi connectivity index (χ3v) is 2.56. The predicted molar refractivity (Wildman–Crippen MR) is 61.2 cm³/mol. The molecule has 14 heavy (non-hydrogen) atoms. The summed E-state index contributed by atoms with van der Waals surface area (Å²) >= 11 is 11.7. The van der Waals surface area contributed by atoms with Crippen LogP contribution in [-0.4, -0.2) is 6.04 Å². The Hall–Kier alpha value is -0.660. The molecule has 0 bridgehead atoms. The molecule has 1 fully saturated rings. The highest BCUT2D eigenvalue weighted by molar-refractivity contribution is 6.58. The van der Waals surface area contributed by atoms with E-state index < -0.39 is 0 Å². The largest absolute Gasteiger partial charge is 0.380 e. The minimum Gasteiger partial charge on any atom is -0.380 e. The molecule has 0 saturated heterocycles. The first-order valence-corrected chi connectivity index (χ1v) is 5.40. The molecule has 0 spiro atoms. The Balaban J connectivity index is 2.23. The van der Waals surface area contributed by atoms with Crippen molar-refractivity contribution in [2.24, 2.45) is 0 Å². The van der Waals surface area contributed by atoms with E-state index in [2.05, 4.69) is 5.32 Å². The van der Waals surface area contributed by atoms with E-state index in [9.17, 15) is 0 Å². The maximum Gasteiger partial charge on any atom is 0.130 e. The Kier molecular flexibility index (Phi) is 2.99. The highest BCUT2D eigenvalue weighted by Gasteiger charge is 2.23. The molecule has 0 unspecified atom stereocenters. The fraction of sp³-hybridized carbons (Fsp3) is 0.273. The maximum atomic E-state index is 5.83. The number of hydrogen-bond donors (Lipinski definition) is 1. The lowest BCUT2D eigenvalue weighted by atomic mass is 10.2. The second kappa shape index (κ2) is 4.24. The van der Waals surface area contributed by atoms with Crippen molar-refractivity contribution in [2.75, 3.05) is 0 Å². The zero-order valence-corrected chi connectivity index (χ0v) is 9.15. The molecule has 0 aliphatic heterocycles. The fourth-order valence-electron chi connectivity index (χ4n) is 1.28. The summed E-state index contributed by atoms with van der Waals surface area (Å²) in [6, 6.07) is 10.5. The van der Waals surface area contributed by atoms with Crippen LogP contribution in [0, 0.1) is 0 Å². The van der Waals surface area contributed by atoms with Gasteiger partial charge in [0, 0.05) is 11.6 Å². The molecule has 1 aromatic rings. The van der Waals surface area contributed by atoms with E-state index in [0.29, 0.717) is 10.5 Å². The molecule has 74 valence electrons. The van der Waals surface area contributed by atoms with Gasteiger partial charge in [0.05, 0.1) is 5.70 Å². The molecule has 2 rings (SSSR count). The predicted octanol–water partition coefficient (Wildman–Crippen LogP) is 3.54. The monoisotopic (exact) mass is 227 g/mol. The molecule has 1 N–H and O–H groups in total. The highest BCUT2D eigenvalue weighted by Crippen LogP contribution is 2.27. The molecule has 1 aliphatic rings. The van der Waals surface area contributed by atoms with E-state index in [1.54, 1.807) is 0 Å². The number of rotatable bonds is 3. The summed E-state index contributed by atoms with van der Waals surface area (Å²) in [4.78, 5) is 0. The Morgan fingerprint density at radius 2 is 1.79 bits per heavy atom. The van der Waals surface area contributed by atoms with Gasteiger partial charge in [-0.05, 0) is 12.8 Å². The van der Waals surface area contributed by atoms with Crippen LogP contribution in [0.15, 0.2) is 34.8 Å². The first-order valence-electron chi connectivity index (χ1n) is 4.64. The molecule has 0 heterocycles. The summed E-state index contributed by atoms with van der Waals surface area (Å²) in [7, 11) is 0. The third kappa shape index (κ3) is 2.43. The van der Waals surface area contributed by atoms with E-state index in [4.69, 9.17) is 23.2 Å². The Bertz CT molecular complexity index is 338. The summed E-state index contributed by atoms with van der Waals surface area (Å²) in [6.45, 7) is 0. The molecule has 3 heteroatoms. The third-order valence-electron chi connectivity index (χ3n) is 2.18. The van der Waals surface area contributed by atoms with Gasteiger partial charge in [-0.15, -0.1) is 0 Å². The van der Waals surface area contributed by atoms with Crippen LogP contribution in [0.2, 0.25) is 0 Å². The lowest BCUT2D eigenvalue weighted by molar-refractivity contribution is 0.883. The standard InChI is InChI=1S/C11H11Cl2N/c12-11(13)10(14-9-6-7-9)8-4-2-1-3-5-8/h1-5,9,14H,6-7H2. The van der Waals surface area contributed by atoms with Crippen molar-refractivity contribution in [1.82, 2.24) is 5.32 Å². The van der Waals surface area contributed by atoms with Crippen LogP contribution in [0.25, 0.3) is 5.70 Å². The molecule has 0 atom stereocenters. The van der Waals surface area contributed by atoms with Crippen molar-refractivity contribution in [3.63, 3.8) is 0 Å². The quantitative estimate of drug-likeness (QED) is 0.834. The van der Waals surface area contributed by atoms with Crippen LogP contribution < -0.4 is 5.32 Å². The van der Waals surface area contributed by atoms with E-state index in [-0.39, 0.29) is 0 Å². The van der Waals surface area contributed by atoms with Gasteiger partial charge >= 0.3 is 0 Å². The van der Waals surface area contributed by atoms with Crippen molar-refractivity contribution in [3.05, 3.63) is 40.4 Å². The summed E-state index contributed by atoms with van der Waals surface area (Å²) < 4.78 is 0.308. The van der Waals surface area contributed by atoms with Crippen LogP contribution in [0.3, 0.4) is 0 Å². The van der Waals surface area contributed by atoms with Crippen molar-refractivity contribution in [2.45, 2.75) is 18.9 Å². The topological polar surface area (TPSA) is 12.0 Å².